The maximum atomic E-state index is 12.7. The molecule has 0 radical (unpaired) electrons. The Hall–Kier alpha value is -3.63. The van der Waals surface area contributed by atoms with Crippen molar-refractivity contribution < 1.29 is 38.2 Å². The molecule has 0 fully saturated rings. The molecule has 3 amide bonds. The van der Waals surface area contributed by atoms with Gasteiger partial charge in [0, 0.05) is 17.9 Å². The molecule has 0 aromatic rings. The maximum Gasteiger partial charge on any atom is 0.336 e. The molecule has 11 nitrogen and oxygen atoms in total. The smallest absolute Gasteiger partial charge is 0.336 e. The molecular weight excluding hydrogens is 386 g/mol. The summed E-state index contributed by atoms with van der Waals surface area (Å²) in [6.07, 6.45) is 1.41. The topological polar surface area (TPSA) is 149 Å². The molecule has 0 aliphatic carbocycles. The fraction of sp³-hybridized carbons (Fsp3) is 0.389. The molecule has 158 valence electrons. The second-order valence-corrected chi connectivity index (χ2v) is 5.77. The van der Waals surface area contributed by atoms with Gasteiger partial charge in [0.2, 0.25) is 0 Å². The molecule has 1 aliphatic rings. The number of esters is 3. The summed E-state index contributed by atoms with van der Waals surface area (Å²) in [7, 11) is 2.23. The molecule has 0 spiro atoms. The van der Waals surface area contributed by atoms with E-state index in [1.165, 1.54) is 19.9 Å². The zero-order valence-corrected chi connectivity index (χ0v) is 16.5. The van der Waals surface area contributed by atoms with Gasteiger partial charge in [0.15, 0.2) is 6.61 Å². The molecular formula is C18H23N3O8. The van der Waals surface area contributed by atoms with Gasteiger partial charge in [0.25, 0.3) is 5.91 Å². The zero-order chi connectivity index (χ0) is 22.1. The van der Waals surface area contributed by atoms with Crippen molar-refractivity contribution in [2.45, 2.75) is 13.8 Å². The Morgan fingerprint density at radius 3 is 2.00 bits per heavy atom. The van der Waals surface area contributed by atoms with E-state index in [4.69, 9.17) is 14.2 Å². The molecule has 3 N–H and O–H groups in total. The third-order valence-corrected chi connectivity index (χ3v) is 3.81. The first-order valence-corrected chi connectivity index (χ1v) is 8.38. The van der Waals surface area contributed by atoms with Gasteiger partial charge in [-0.1, -0.05) is 6.08 Å². The Morgan fingerprint density at radius 2 is 1.55 bits per heavy atom. The minimum atomic E-state index is -1.47. The van der Waals surface area contributed by atoms with Crippen LogP contribution in [0.3, 0.4) is 0 Å². The van der Waals surface area contributed by atoms with E-state index in [1.807, 2.05) is 5.32 Å². The van der Waals surface area contributed by atoms with Crippen LogP contribution in [0.25, 0.3) is 0 Å². The van der Waals surface area contributed by atoms with Crippen LogP contribution in [0.5, 0.6) is 0 Å². The largest absolute Gasteiger partial charge is 0.466 e. The number of imide groups is 1. The third kappa shape index (κ3) is 5.92. The molecule has 29 heavy (non-hydrogen) atoms. The van der Waals surface area contributed by atoms with E-state index in [-0.39, 0.29) is 29.1 Å². The standard InChI is InChI=1S/C18H23N3O8/c1-6-7-19-18(26)21-11(22)8-29-17(25)14-12(15(23)27-4)9(2)20-10(3)13(14)16(24)28-5/h6,14,20H,1,7-8H2,2-5H3,(H2,19,21,22,26). The van der Waals surface area contributed by atoms with Gasteiger partial charge in [-0.05, 0) is 13.8 Å². The van der Waals surface area contributed by atoms with E-state index in [9.17, 15) is 24.0 Å². The van der Waals surface area contributed by atoms with Crippen molar-refractivity contribution in [3.05, 3.63) is 35.2 Å². The summed E-state index contributed by atoms with van der Waals surface area (Å²) in [5.74, 6) is -5.17. The number of amides is 3. The fourth-order valence-electron chi connectivity index (χ4n) is 2.58. The van der Waals surface area contributed by atoms with E-state index in [0.717, 1.165) is 14.2 Å². The van der Waals surface area contributed by atoms with Crippen LogP contribution in [-0.2, 0) is 33.4 Å². The molecule has 0 atom stereocenters. The number of ether oxygens (including phenoxy) is 3. The summed E-state index contributed by atoms with van der Waals surface area (Å²) in [5, 5.41) is 7.07. The van der Waals surface area contributed by atoms with Gasteiger partial charge in [-0.15, -0.1) is 6.58 Å². The Morgan fingerprint density at radius 1 is 1.03 bits per heavy atom. The normalized spacial score (nSPS) is 13.8. The molecule has 0 saturated carbocycles. The second-order valence-electron chi connectivity index (χ2n) is 5.77. The number of hydrogen-bond acceptors (Lipinski definition) is 9. The minimum absolute atomic E-state index is 0.132. The molecule has 0 saturated heterocycles. The summed E-state index contributed by atoms with van der Waals surface area (Å²) >= 11 is 0. The first kappa shape index (κ1) is 23.4. The van der Waals surface area contributed by atoms with Crippen molar-refractivity contribution in [3.63, 3.8) is 0 Å². The summed E-state index contributed by atoms with van der Waals surface area (Å²) < 4.78 is 14.3. The van der Waals surface area contributed by atoms with Crippen molar-refractivity contribution in [1.82, 2.24) is 16.0 Å². The minimum Gasteiger partial charge on any atom is -0.466 e. The van der Waals surface area contributed by atoms with Crippen LogP contribution < -0.4 is 16.0 Å². The Balaban J connectivity index is 3.04. The average molecular weight is 409 g/mol. The summed E-state index contributed by atoms with van der Waals surface area (Å²) in [4.78, 5) is 60.3. The highest BCUT2D eigenvalue weighted by Gasteiger charge is 2.42. The monoisotopic (exact) mass is 409 g/mol. The van der Waals surface area contributed by atoms with Gasteiger partial charge in [-0.3, -0.25) is 14.9 Å². The molecule has 0 aromatic heterocycles. The third-order valence-electron chi connectivity index (χ3n) is 3.81. The van der Waals surface area contributed by atoms with Gasteiger partial charge in [-0.2, -0.15) is 0 Å². The predicted molar refractivity (Wildman–Crippen MR) is 98.8 cm³/mol. The lowest BCUT2D eigenvalue weighted by Gasteiger charge is -2.28. The number of methoxy groups -OCH3 is 2. The highest BCUT2D eigenvalue weighted by atomic mass is 16.5. The lowest BCUT2D eigenvalue weighted by molar-refractivity contribution is -0.153. The molecule has 1 rings (SSSR count). The van der Waals surface area contributed by atoms with E-state index in [1.54, 1.807) is 0 Å². The highest BCUT2D eigenvalue weighted by molar-refractivity contribution is 6.06. The second kappa shape index (κ2) is 10.6. The summed E-state index contributed by atoms with van der Waals surface area (Å²) in [6, 6.07) is -0.801. The Bertz CT molecular complexity index is 759. The number of rotatable bonds is 7. The van der Waals surface area contributed by atoms with E-state index in [2.05, 4.69) is 17.2 Å². The SMILES string of the molecule is C=CCNC(=O)NC(=O)COC(=O)C1C(C(=O)OC)=C(C)NC(C)=C1C(=O)OC. The van der Waals surface area contributed by atoms with Crippen molar-refractivity contribution >= 4 is 29.8 Å². The van der Waals surface area contributed by atoms with Crippen molar-refractivity contribution in [2.75, 3.05) is 27.4 Å². The number of urea groups is 1. The number of dihydropyridines is 1. The van der Waals surface area contributed by atoms with Gasteiger partial charge < -0.3 is 24.8 Å². The Kier molecular flexibility index (Phi) is 8.59. The highest BCUT2D eigenvalue weighted by Crippen LogP contribution is 2.32. The first-order valence-electron chi connectivity index (χ1n) is 8.38. The number of hydrogen-bond donors (Lipinski definition) is 3. The average Bonchev–Trinajstić information content (AvgIpc) is 2.68. The summed E-state index contributed by atoms with van der Waals surface area (Å²) in [6.45, 7) is 5.75. The molecule has 0 aromatic carbocycles. The van der Waals surface area contributed by atoms with Crippen LogP contribution >= 0.6 is 0 Å². The number of nitrogens with one attached hydrogen (secondary N) is 3. The molecule has 1 aliphatic heterocycles. The van der Waals surface area contributed by atoms with Crippen molar-refractivity contribution in [2.24, 2.45) is 5.92 Å². The van der Waals surface area contributed by atoms with Crippen LogP contribution in [0, 0.1) is 5.92 Å². The van der Waals surface area contributed by atoms with Crippen LogP contribution in [0.1, 0.15) is 13.8 Å². The summed E-state index contributed by atoms with van der Waals surface area (Å²) in [5.41, 5.74) is 0.231. The van der Waals surface area contributed by atoms with Gasteiger partial charge in [0.1, 0.15) is 5.92 Å². The lowest BCUT2D eigenvalue weighted by atomic mass is 9.85. The van der Waals surface area contributed by atoms with Gasteiger partial charge in [0.05, 0.1) is 25.4 Å². The van der Waals surface area contributed by atoms with Crippen molar-refractivity contribution in [1.29, 1.82) is 0 Å². The van der Waals surface area contributed by atoms with Crippen molar-refractivity contribution in [3.8, 4) is 0 Å². The maximum absolute atomic E-state index is 12.7. The molecule has 0 unspecified atom stereocenters. The van der Waals surface area contributed by atoms with Crippen LogP contribution in [-0.4, -0.2) is 57.2 Å². The first-order chi connectivity index (χ1) is 13.7. The van der Waals surface area contributed by atoms with Crippen LogP contribution in [0.15, 0.2) is 35.2 Å². The van der Waals surface area contributed by atoms with E-state index >= 15 is 0 Å². The van der Waals surface area contributed by atoms with E-state index < -0.39 is 42.4 Å². The zero-order valence-electron chi connectivity index (χ0n) is 16.5. The fourth-order valence-corrected chi connectivity index (χ4v) is 2.58. The molecule has 11 heteroatoms. The predicted octanol–water partition coefficient (Wildman–Crippen LogP) is -0.345. The van der Waals surface area contributed by atoms with Gasteiger partial charge >= 0.3 is 23.9 Å². The molecule has 1 heterocycles. The Labute approximate surface area is 167 Å². The number of carbonyl (C=O) groups excluding carboxylic acids is 5. The quantitative estimate of drug-likeness (QED) is 0.291. The number of allylic oxidation sites excluding steroid dienone is 2. The van der Waals surface area contributed by atoms with Gasteiger partial charge in [-0.25, -0.2) is 14.4 Å². The lowest BCUT2D eigenvalue weighted by Crippen LogP contribution is -2.42. The van der Waals surface area contributed by atoms with Crippen LogP contribution in [0.2, 0.25) is 0 Å². The molecule has 0 bridgehead atoms. The van der Waals surface area contributed by atoms with E-state index in [0.29, 0.717) is 0 Å². The number of carbonyl (C=O) groups is 5. The van der Waals surface area contributed by atoms with Crippen LogP contribution in [0.4, 0.5) is 4.79 Å².